The summed E-state index contributed by atoms with van der Waals surface area (Å²) in [4.78, 5) is 8.53. The molecule has 0 saturated carbocycles. The summed E-state index contributed by atoms with van der Waals surface area (Å²) < 4.78 is 0. The average Bonchev–Trinajstić information content (AvgIpc) is 2.14. The summed E-state index contributed by atoms with van der Waals surface area (Å²) in [5.41, 5.74) is 1.81. The van der Waals surface area contributed by atoms with Gasteiger partial charge in [-0.3, -0.25) is 0 Å². The van der Waals surface area contributed by atoms with Crippen LogP contribution in [0.4, 0.5) is 5.82 Å². The van der Waals surface area contributed by atoms with Gasteiger partial charge < -0.3 is 5.32 Å². The van der Waals surface area contributed by atoms with Crippen LogP contribution < -0.4 is 5.32 Å². The Labute approximate surface area is 89.9 Å². The van der Waals surface area contributed by atoms with Crippen molar-refractivity contribution in [1.82, 2.24) is 9.97 Å². The van der Waals surface area contributed by atoms with Crippen molar-refractivity contribution in [3.8, 4) is 0 Å². The van der Waals surface area contributed by atoms with Crippen LogP contribution in [0.15, 0.2) is 0 Å². The first-order chi connectivity index (χ1) is 6.65. The highest BCUT2D eigenvalue weighted by atomic mass is 35.5. The smallest absolute Gasteiger partial charge is 0.171 e. The molecule has 0 bridgehead atoms. The molecule has 1 aromatic heterocycles. The van der Waals surface area contributed by atoms with Gasteiger partial charge in [0, 0.05) is 6.54 Å². The summed E-state index contributed by atoms with van der Waals surface area (Å²) in [5.74, 6) is 0.697. The second kappa shape index (κ2) is 5.15. The summed E-state index contributed by atoms with van der Waals surface area (Å²) in [6, 6.07) is 0. The van der Waals surface area contributed by atoms with Crippen molar-refractivity contribution in [2.45, 2.75) is 33.6 Å². The van der Waals surface area contributed by atoms with Crippen LogP contribution >= 0.6 is 11.6 Å². The molecule has 0 aliphatic heterocycles. The summed E-state index contributed by atoms with van der Waals surface area (Å²) >= 11 is 5.94. The van der Waals surface area contributed by atoms with E-state index in [-0.39, 0.29) is 0 Å². The Kier molecular flexibility index (Phi) is 4.14. The zero-order valence-electron chi connectivity index (χ0n) is 8.89. The van der Waals surface area contributed by atoms with E-state index in [2.05, 4.69) is 22.2 Å². The molecule has 0 aliphatic carbocycles. The lowest BCUT2D eigenvalue weighted by atomic mass is 10.3. The summed E-state index contributed by atoms with van der Waals surface area (Å²) in [6.45, 7) is 6.89. The maximum absolute atomic E-state index is 5.94. The number of unbranched alkanes of at least 4 members (excludes halogenated alkanes) is 1. The van der Waals surface area contributed by atoms with Crippen molar-refractivity contribution in [3.05, 3.63) is 16.5 Å². The standard InChI is InChI=1S/C10H16ClN3/c1-4-5-6-12-10-9(11)13-7(2)8(3)14-10/h4-6H2,1-3H3,(H,12,14). The number of hydrogen-bond acceptors (Lipinski definition) is 3. The summed E-state index contributed by atoms with van der Waals surface area (Å²) in [7, 11) is 0. The maximum atomic E-state index is 5.94. The van der Waals surface area contributed by atoms with Gasteiger partial charge in [-0.25, -0.2) is 9.97 Å². The van der Waals surface area contributed by atoms with Crippen molar-refractivity contribution < 1.29 is 0 Å². The van der Waals surface area contributed by atoms with Gasteiger partial charge in [-0.05, 0) is 20.3 Å². The van der Waals surface area contributed by atoms with Crippen molar-refractivity contribution in [2.24, 2.45) is 0 Å². The molecule has 0 saturated heterocycles. The quantitative estimate of drug-likeness (QED) is 0.782. The molecule has 14 heavy (non-hydrogen) atoms. The minimum absolute atomic E-state index is 0.462. The lowest BCUT2D eigenvalue weighted by Gasteiger charge is -2.08. The van der Waals surface area contributed by atoms with Crippen LogP contribution in [0.3, 0.4) is 0 Å². The molecule has 0 unspecified atom stereocenters. The SMILES string of the molecule is CCCCNc1nc(C)c(C)nc1Cl. The monoisotopic (exact) mass is 213 g/mol. The molecule has 1 aromatic rings. The van der Waals surface area contributed by atoms with Gasteiger partial charge in [-0.2, -0.15) is 0 Å². The third kappa shape index (κ3) is 2.84. The lowest BCUT2D eigenvalue weighted by Crippen LogP contribution is -2.06. The molecule has 78 valence electrons. The Morgan fingerprint density at radius 2 is 1.86 bits per heavy atom. The van der Waals surface area contributed by atoms with E-state index < -0.39 is 0 Å². The van der Waals surface area contributed by atoms with Gasteiger partial charge in [0.05, 0.1) is 11.4 Å². The predicted molar refractivity (Wildman–Crippen MR) is 59.9 cm³/mol. The van der Waals surface area contributed by atoms with E-state index in [1.165, 1.54) is 0 Å². The summed E-state index contributed by atoms with van der Waals surface area (Å²) in [5, 5.41) is 3.64. The van der Waals surface area contributed by atoms with Crippen molar-refractivity contribution >= 4 is 17.4 Å². The number of nitrogens with zero attached hydrogens (tertiary/aromatic N) is 2. The van der Waals surface area contributed by atoms with Crippen molar-refractivity contribution in [1.29, 1.82) is 0 Å². The average molecular weight is 214 g/mol. The topological polar surface area (TPSA) is 37.8 Å². The van der Waals surface area contributed by atoms with Crippen LogP contribution in [-0.4, -0.2) is 16.5 Å². The molecule has 0 spiro atoms. The molecule has 1 heterocycles. The van der Waals surface area contributed by atoms with E-state index in [9.17, 15) is 0 Å². The molecule has 0 fully saturated rings. The van der Waals surface area contributed by atoms with E-state index >= 15 is 0 Å². The Balaban J connectivity index is 2.72. The largest absolute Gasteiger partial charge is 0.368 e. The van der Waals surface area contributed by atoms with Gasteiger partial charge in [0.1, 0.15) is 0 Å². The van der Waals surface area contributed by atoms with Gasteiger partial charge in [-0.15, -0.1) is 0 Å². The number of nitrogens with one attached hydrogen (secondary N) is 1. The van der Waals surface area contributed by atoms with E-state index in [0.29, 0.717) is 11.0 Å². The molecule has 1 N–H and O–H groups in total. The molecular weight excluding hydrogens is 198 g/mol. The first-order valence-electron chi connectivity index (χ1n) is 4.89. The molecule has 0 aromatic carbocycles. The lowest BCUT2D eigenvalue weighted by molar-refractivity contribution is 0.828. The molecule has 0 amide bonds. The number of anilines is 1. The molecule has 0 atom stereocenters. The molecule has 0 aliphatic rings. The Bertz CT molecular complexity index is 312. The van der Waals surface area contributed by atoms with Crippen LogP contribution in [0.2, 0.25) is 5.15 Å². The van der Waals surface area contributed by atoms with E-state index in [0.717, 1.165) is 30.8 Å². The maximum Gasteiger partial charge on any atom is 0.171 e. The molecule has 3 nitrogen and oxygen atoms in total. The predicted octanol–water partition coefficient (Wildman–Crippen LogP) is 2.96. The van der Waals surface area contributed by atoms with E-state index in [1.807, 2.05) is 13.8 Å². The molecule has 4 heteroatoms. The Morgan fingerprint density at radius 3 is 2.50 bits per heavy atom. The van der Waals surface area contributed by atoms with Crippen LogP contribution in [0.5, 0.6) is 0 Å². The zero-order valence-corrected chi connectivity index (χ0v) is 9.65. The minimum atomic E-state index is 0.462. The molecule has 0 radical (unpaired) electrons. The van der Waals surface area contributed by atoms with Crippen LogP contribution in [0.25, 0.3) is 0 Å². The third-order valence-corrected chi connectivity index (χ3v) is 2.35. The first-order valence-corrected chi connectivity index (χ1v) is 5.27. The fourth-order valence-electron chi connectivity index (χ4n) is 1.07. The van der Waals surface area contributed by atoms with E-state index in [1.54, 1.807) is 0 Å². The number of aromatic nitrogens is 2. The number of aryl methyl sites for hydroxylation is 2. The van der Waals surface area contributed by atoms with Gasteiger partial charge >= 0.3 is 0 Å². The van der Waals surface area contributed by atoms with Gasteiger partial charge in [0.2, 0.25) is 0 Å². The van der Waals surface area contributed by atoms with E-state index in [4.69, 9.17) is 11.6 Å². The van der Waals surface area contributed by atoms with Gasteiger partial charge in [0.25, 0.3) is 0 Å². The first kappa shape index (κ1) is 11.2. The van der Waals surface area contributed by atoms with Crippen molar-refractivity contribution in [2.75, 3.05) is 11.9 Å². The number of hydrogen-bond donors (Lipinski definition) is 1. The normalized spacial score (nSPS) is 10.3. The fourth-order valence-corrected chi connectivity index (χ4v) is 1.31. The van der Waals surface area contributed by atoms with Crippen LogP contribution in [0, 0.1) is 13.8 Å². The number of rotatable bonds is 4. The highest BCUT2D eigenvalue weighted by Gasteiger charge is 2.05. The summed E-state index contributed by atoms with van der Waals surface area (Å²) in [6.07, 6.45) is 2.27. The molecule has 1 rings (SSSR count). The van der Waals surface area contributed by atoms with Gasteiger partial charge in [-0.1, -0.05) is 24.9 Å². The van der Waals surface area contributed by atoms with Crippen molar-refractivity contribution in [3.63, 3.8) is 0 Å². The van der Waals surface area contributed by atoms with Crippen LogP contribution in [-0.2, 0) is 0 Å². The fraction of sp³-hybridized carbons (Fsp3) is 0.600. The third-order valence-electron chi connectivity index (χ3n) is 2.09. The highest BCUT2D eigenvalue weighted by Crippen LogP contribution is 2.18. The van der Waals surface area contributed by atoms with Crippen LogP contribution in [0.1, 0.15) is 31.2 Å². The second-order valence-electron chi connectivity index (χ2n) is 3.31. The minimum Gasteiger partial charge on any atom is -0.368 e. The zero-order chi connectivity index (χ0) is 10.6. The number of halogens is 1. The second-order valence-corrected chi connectivity index (χ2v) is 3.67. The van der Waals surface area contributed by atoms with Gasteiger partial charge in [0.15, 0.2) is 11.0 Å². The highest BCUT2D eigenvalue weighted by molar-refractivity contribution is 6.31. The Hall–Kier alpha value is -0.830. The molecular formula is C10H16ClN3. The Morgan fingerprint density at radius 1 is 1.21 bits per heavy atom.